The smallest absolute Gasteiger partial charge is 0.236 e. The Morgan fingerprint density at radius 2 is 2.36 bits per heavy atom. The third-order valence-corrected chi connectivity index (χ3v) is 1.83. The van der Waals surface area contributed by atoms with Crippen LogP contribution in [0.1, 0.15) is 13.8 Å². The van der Waals surface area contributed by atoms with Crippen molar-refractivity contribution in [2.75, 3.05) is 0 Å². The highest BCUT2D eigenvalue weighted by Gasteiger charge is 2.15. The van der Waals surface area contributed by atoms with Crippen LogP contribution in [0.5, 0.6) is 0 Å². The zero-order valence-electron chi connectivity index (χ0n) is 8.47. The second kappa shape index (κ2) is 4.76. The van der Waals surface area contributed by atoms with E-state index in [0.717, 1.165) is 0 Å². The van der Waals surface area contributed by atoms with Crippen LogP contribution in [0.4, 0.5) is 0 Å². The summed E-state index contributed by atoms with van der Waals surface area (Å²) in [6.45, 7) is 4.47. The van der Waals surface area contributed by atoms with E-state index in [-0.39, 0.29) is 18.0 Å². The Kier molecular flexibility index (Phi) is 3.64. The van der Waals surface area contributed by atoms with Crippen molar-refractivity contribution < 1.29 is 4.79 Å². The number of nitrogens with two attached hydrogens (primary N) is 1. The fourth-order valence-electron chi connectivity index (χ4n) is 1.23. The number of primary amides is 1. The van der Waals surface area contributed by atoms with E-state index in [2.05, 4.69) is 10.3 Å². The lowest BCUT2D eigenvalue weighted by atomic mass is 10.2. The predicted octanol–water partition coefficient (Wildman–Crippen LogP) is -0.265. The first-order chi connectivity index (χ1) is 6.59. The molecule has 1 heterocycles. The summed E-state index contributed by atoms with van der Waals surface area (Å²) in [5, 5.41) is 3.09. The molecule has 1 amide bonds. The van der Waals surface area contributed by atoms with E-state index in [0.29, 0.717) is 6.54 Å². The first-order valence-corrected chi connectivity index (χ1v) is 4.60. The number of aromatic nitrogens is 2. The van der Waals surface area contributed by atoms with Crippen molar-refractivity contribution in [2.24, 2.45) is 5.73 Å². The summed E-state index contributed by atoms with van der Waals surface area (Å²) in [5.41, 5.74) is 5.27. The molecule has 0 aromatic carbocycles. The van der Waals surface area contributed by atoms with Crippen molar-refractivity contribution >= 4 is 5.91 Å². The SMILES string of the molecule is CC(C)NC(Cn1ccnc1)C(N)=O. The van der Waals surface area contributed by atoms with E-state index < -0.39 is 0 Å². The third kappa shape index (κ3) is 3.18. The summed E-state index contributed by atoms with van der Waals surface area (Å²) in [6, 6.07) is -0.111. The number of rotatable bonds is 5. The molecule has 3 N–H and O–H groups in total. The number of carbonyl (C=O) groups is 1. The van der Waals surface area contributed by atoms with Crippen molar-refractivity contribution in [1.82, 2.24) is 14.9 Å². The molecule has 0 saturated carbocycles. The normalized spacial score (nSPS) is 13.1. The molecule has 1 rings (SSSR count). The zero-order valence-corrected chi connectivity index (χ0v) is 8.47. The molecule has 5 heteroatoms. The Hall–Kier alpha value is -1.36. The largest absolute Gasteiger partial charge is 0.368 e. The molecule has 0 aliphatic rings. The van der Waals surface area contributed by atoms with Crippen LogP contribution in [0.2, 0.25) is 0 Å². The standard InChI is InChI=1S/C9H16N4O/c1-7(2)12-8(9(10)14)5-13-4-3-11-6-13/h3-4,6-8,12H,5H2,1-2H3,(H2,10,14). The minimum absolute atomic E-state index is 0.232. The number of hydrogen-bond acceptors (Lipinski definition) is 3. The van der Waals surface area contributed by atoms with Gasteiger partial charge in [0.15, 0.2) is 0 Å². The lowest BCUT2D eigenvalue weighted by Crippen LogP contribution is -2.46. The maximum atomic E-state index is 11.1. The number of imidazole rings is 1. The first-order valence-electron chi connectivity index (χ1n) is 4.60. The minimum Gasteiger partial charge on any atom is -0.368 e. The fourth-order valence-corrected chi connectivity index (χ4v) is 1.23. The zero-order chi connectivity index (χ0) is 10.6. The number of nitrogens with zero attached hydrogens (tertiary/aromatic N) is 2. The van der Waals surface area contributed by atoms with E-state index in [1.807, 2.05) is 18.4 Å². The van der Waals surface area contributed by atoms with Gasteiger partial charge in [-0.05, 0) is 0 Å². The van der Waals surface area contributed by atoms with E-state index in [1.165, 1.54) is 0 Å². The fraction of sp³-hybridized carbons (Fsp3) is 0.556. The van der Waals surface area contributed by atoms with Crippen LogP contribution in [0, 0.1) is 0 Å². The molecular weight excluding hydrogens is 180 g/mol. The average Bonchev–Trinajstić information content (AvgIpc) is 2.54. The average molecular weight is 196 g/mol. The Labute approximate surface area is 83.3 Å². The topological polar surface area (TPSA) is 72.9 Å². The van der Waals surface area contributed by atoms with Gasteiger partial charge in [-0.2, -0.15) is 0 Å². The monoisotopic (exact) mass is 196 g/mol. The van der Waals surface area contributed by atoms with Crippen LogP contribution >= 0.6 is 0 Å². The summed E-state index contributed by atoms with van der Waals surface area (Å²) in [6.07, 6.45) is 5.14. The molecule has 0 bridgehead atoms. The van der Waals surface area contributed by atoms with Crippen molar-refractivity contribution in [3.05, 3.63) is 18.7 Å². The molecule has 0 aliphatic heterocycles. The minimum atomic E-state index is -0.343. The van der Waals surface area contributed by atoms with E-state index in [1.54, 1.807) is 18.7 Å². The molecule has 5 nitrogen and oxygen atoms in total. The van der Waals surface area contributed by atoms with Crippen LogP contribution in [-0.4, -0.2) is 27.5 Å². The summed E-state index contributed by atoms with van der Waals surface area (Å²) in [4.78, 5) is 15.0. The molecule has 0 radical (unpaired) electrons. The van der Waals surface area contributed by atoms with E-state index in [9.17, 15) is 4.79 Å². The van der Waals surface area contributed by atoms with Gasteiger partial charge in [0.1, 0.15) is 6.04 Å². The molecule has 1 unspecified atom stereocenters. The van der Waals surface area contributed by atoms with Gasteiger partial charge in [-0.25, -0.2) is 4.98 Å². The van der Waals surface area contributed by atoms with Crippen LogP contribution in [0.3, 0.4) is 0 Å². The molecule has 1 aromatic heterocycles. The van der Waals surface area contributed by atoms with Gasteiger partial charge in [0.2, 0.25) is 5.91 Å². The highest BCUT2D eigenvalue weighted by Crippen LogP contribution is 1.94. The number of amides is 1. The van der Waals surface area contributed by atoms with Gasteiger partial charge < -0.3 is 15.6 Å². The van der Waals surface area contributed by atoms with E-state index >= 15 is 0 Å². The predicted molar refractivity (Wildman–Crippen MR) is 53.5 cm³/mol. The molecule has 1 aromatic rings. The number of carbonyl (C=O) groups excluding carboxylic acids is 1. The van der Waals surface area contributed by atoms with Gasteiger partial charge in [-0.3, -0.25) is 4.79 Å². The second-order valence-corrected chi connectivity index (χ2v) is 3.54. The van der Waals surface area contributed by atoms with E-state index in [4.69, 9.17) is 5.73 Å². The van der Waals surface area contributed by atoms with Gasteiger partial charge in [-0.1, -0.05) is 13.8 Å². The van der Waals surface area contributed by atoms with Crippen LogP contribution in [0.25, 0.3) is 0 Å². The summed E-state index contributed by atoms with van der Waals surface area (Å²) in [5.74, 6) is -0.340. The Balaban J connectivity index is 2.56. The lowest BCUT2D eigenvalue weighted by Gasteiger charge is -2.18. The summed E-state index contributed by atoms with van der Waals surface area (Å²) >= 11 is 0. The van der Waals surface area contributed by atoms with Crippen molar-refractivity contribution in [1.29, 1.82) is 0 Å². The lowest BCUT2D eigenvalue weighted by molar-refractivity contribution is -0.120. The second-order valence-electron chi connectivity index (χ2n) is 3.54. The maximum Gasteiger partial charge on any atom is 0.236 e. The van der Waals surface area contributed by atoms with Gasteiger partial charge in [-0.15, -0.1) is 0 Å². The number of nitrogens with one attached hydrogen (secondary N) is 1. The molecule has 0 saturated heterocycles. The molecule has 0 fully saturated rings. The summed E-state index contributed by atoms with van der Waals surface area (Å²) in [7, 11) is 0. The third-order valence-electron chi connectivity index (χ3n) is 1.83. The van der Waals surface area contributed by atoms with Crippen molar-refractivity contribution in [2.45, 2.75) is 32.5 Å². The molecule has 0 aliphatic carbocycles. The molecule has 1 atom stereocenters. The molecule has 14 heavy (non-hydrogen) atoms. The highest BCUT2D eigenvalue weighted by molar-refractivity contribution is 5.79. The Bertz CT molecular complexity index is 281. The molecule has 78 valence electrons. The van der Waals surface area contributed by atoms with Crippen molar-refractivity contribution in [3.8, 4) is 0 Å². The Morgan fingerprint density at radius 3 is 2.79 bits per heavy atom. The number of hydrogen-bond donors (Lipinski definition) is 2. The molecule has 0 spiro atoms. The Morgan fingerprint density at radius 1 is 1.64 bits per heavy atom. The van der Waals surface area contributed by atoms with Crippen LogP contribution in [0.15, 0.2) is 18.7 Å². The van der Waals surface area contributed by atoms with Gasteiger partial charge in [0.05, 0.1) is 6.33 Å². The first kappa shape index (κ1) is 10.7. The molecular formula is C9H16N4O. The highest BCUT2D eigenvalue weighted by atomic mass is 16.1. The van der Waals surface area contributed by atoms with Gasteiger partial charge >= 0.3 is 0 Å². The van der Waals surface area contributed by atoms with Gasteiger partial charge in [0, 0.05) is 25.0 Å². The summed E-state index contributed by atoms with van der Waals surface area (Å²) < 4.78 is 1.82. The maximum absolute atomic E-state index is 11.1. The van der Waals surface area contributed by atoms with Crippen LogP contribution < -0.4 is 11.1 Å². The quantitative estimate of drug-likeness (QED) is 0.681. The van der Waals surface area contributed by atoms with Gasteiger partial charge in [0.25, 0.3) is 0 Å². The van der Waals surface area contributed by atoms with Crippen molar-refractivity contribution in [3.63, 3.8) is 0 Å². The van der Waals surface area contributed by atoms with Crippen LogP contribution in [-0.2, 0) is 11.3 Å².